The Hall–Kier alpha value is -0.900. The first-order valence-corrected chi connectivity index (χ1v) is 8.73. The predicted molar refractivity (Wildman–Crippen MR) is 85.0 cm³/mol. The van der Waals surface area contributed by atoms with Crippen molar-refractivity contribution >= 4 is 0 Å². The van der Waals surface area contributed by atoms with Gasteiger partial charge in [0.1, 0.15) is 12.2 Å². The molecular weight excluding hydrogens is 260 g/mol. The summed E-state index contributed by atoms with van der Waals surface area (Å²) in [6, 6.07) is 0.564. The molecule has 2 bridgehead atoms. The van der Waals surface area contributed by atoms with E-state index in [4.69, 9.17) is 0 Å². The minimum absolute atomic E-state index is 0.422. The molecule has 0 radical (unpaired) electrons. The van der Waals surface area contributed by atoms with Crippen molar-refractivity contribution in [2.24, 2.45) is 17.3 Å². The van der Waals surface area contributed by atoms with E-state index in [1.807, 2.05) is 0 Å². The molecule has 1 aromatic heterocycles. The Morgan fingerprint density at radius 3 is 2.90 bits per heavy atom. The number of nitrogens with zero attached hydrogens (tertiary/aromatic N) is 3. The van der Waals surface area contributed by atoms with Gasteiger partial charge in [0.05, 0.1) is 0 Å². The minimum atomic E-state index is 0.422. The molecule has 118 valence electrons. The summed E-state index contributed by atoms with van der Waals surface area (Å²) in [6.45, 7) is 8.85. The highest BCUT2D eigenvalue weighted by Gasteiger charge is 2.51. The first-order chi connectivity index (χ1) is 10.1. The van der Waals surface area contributed by atoms with E-state index in [1.165, 1.54) is 31.5 Å². The van der Waals surface area contributed by atoms with Gasteiger partial charge in [-0.15, -0.1) is 0 Å². The second-order valence-electron chi connectivity index (χ2n) is 7.55. The number of rotatable bonds is 7. The molecular formula is C17H30N4. The van der Waals surface area contributed by atoms with Crippen LogP contribution in [-0.4, -0.2) is 27.4 Å². The monoisotopic (exact) mass is 290 g/mol. The van der Waals surface area contributed by atoms with Crippen molar-refractivity contribution in [2.45, 2.75) is 71.9 Å². The van der Waals surface area contributed by atoms with Crippen LogP contribution in [0.25, 0.3) is 0 Å². The zero-order valence-electron chi connectivity index (χ0n) is 13.8. The van der Waals surface area contributed by atoms with Crippen LogP contribution in [0.3, 0.4) is 0 Å². The van der Waals surface area contributed by atoms with Gasteiger partial charge in [0.25, 0.3) is 0 Å². The number of hydrogen-bond donors (Lipinski definition) is 1. The van der Waals surface area contributed by atoms with Gasteiger partial charge in [-0.1, -0.05) is 27.2 Å². The highest BCUT2D eigenvalue weighted by atomic mass is 15.3. The van der Waals surface area contributed by atoms with Gasteiger partial charge in [0, 0.05) is 25.6 Å². The summed E-state index contributed by atoms with van der Waals surface area (Å²) in [4.78, 5) is 4.58. The maximum atomic E-state index is 4.58. The quantitative estimate of drug-likeness (QED) is 0.839. The largest absolute Gasteiger partial charge is 0.314 e. The number of hydrogen-bond acceptors (Lipinski definition) is 3. The summed E-state index contributed by atoms with van der Waals surface area (Å²) in [5.41, 5.74) is 0.422. The summed E-state index contributed by atoms with van der Waals surface area (Å²) in [5.74, 6) is 3.06. The Labute approximate surface area is 128 Å². The van der Waals surface area contributed by atoms with Crippen LogP contribution in [0.5, 0.6) is 0 Å². The zero-order valence-corrected chi connectivity index (χ0v) is 13.8. The van der Waals surface area contributed by atoms with Crippen molar-refractivity contribution in [2.75, 3.05) is 6.54 Å². The average Bonchev–Trinajstić information content (AvgIpc) is 3.14. The summed E-state index contributed by atoms with van der Waals surface area (Å²) in [7, 11) is 0. The van der Waals surface area contributed by atoms with Crippen LogP contribution in [0.15, 0.2) is 6.33 Å². The van der Waals surface area contributed by atoms with Crippen molar-refractivity contribution < 1.29 is 0 Å². The highest BCUT2D eigenvalue weighted by Crippen LogP contribution is 2.56. The molecule has 2 aliphatic rings. The van der Waals surface area contributed by atoms with E-state index in [0.29, 0.717) is 11.5 Å². The first kappa shape index (κ1) is 15.0. The standard InChI is InChI=1S/C17H30N4/c1-4-7-21-16(19-12-20-21)10-17(11-18-13(2)3)9-14-5-6-15(17)8-14/h12-15,18H,4-11H2,1-3H3. The third-order valence-electron chi connectivity index (χ3n) is 5.61. The lowest BCUT2D eigenvalue weighted by molar-refractivity contribution is 0.147. The SMILES string of the molecule is CCCn1ncnc1CC1(CNC(C)C)CC2CCC1C2. The van der Waals surface area contributed by atoms with E-state index in [2.05, 4.69) is 40.9 Å². The van der Waals surface area contributed by atoms with E-state index in [0.717, 1.165) is 37.8 Å². The molecule has 3 unspecified atom stereocenters. The van der Waals surface area contributed by atoms with Crippen LogP contribution in [0.2, 0.25) is 0 Å². The van der Waals surface area contributed by atoms with E-state index >= 15 is 0 Å². The van der Waals surface area contributed by atoms with Crippen molar-refractivity contribution in [3.63, 3.8) is 0 Å². The molecule has 0 aliphatic heterocycles. The molecule has 4 heteroatoms. The molecule has 3 rings (SSSR count). The van der Waals surface area contributed by atoms with Gasteiger partial charge in [-0.05, 0) is 42.9 Å². The van der Waals surface area contributed by atoms with E-state index in [-0.39, 0.29) is 0 Å². The fourth-order valence-corrected chi connectivity index (χ4v) is 4.60. The maximum absolute atomic E-state index is 4.58. The Kier molecular flexibility index (Phi) is 4.34. The molecule has 1 aromatic rings. The molecule has 2 aliphatic carbocycles. The second-order valence-corrected chi connectivity index (χ2v) is 7.55. The van der Waals surface area contributed by atoms with Crippen molar-refractivity contribution in [1.82, 2.24) is 20.1 Å². The molecule has 3 atom stereocenters. The fourth-order valence-electron chi connectivity index (χ4n) is 4.60. The molecule has 0 spiro atoms. The average molecular weight is 290 g/mol. The topological polar surface area (TPSA) is 42.7 Å². The molecule has 0 aromatic carbocycles. The first-order valence-electron chi connectivity index (χ1n) is 8.73. The third kappa shape index (κ3) is 3.01. The van der Waals surface area contributed by atoms with Gasteiger partial charge in [-0.3, -0.25) is 4.68 Å². The van der Waals surface area contributed by atoms with Gasteiger partial charge in [-0.25, -0.2) is 4.98 Å². The smallest absolute Gasteiger partial charge is 0.138 e. The zero-order chi connectivity index (χ0) is 14.9. The third-order valence-corrected chi connectivity index (χ3v) is 5.61. The summed E-state index contributed by atoms with van der Waals surface area (Å²) in [5, 5.41) is 8.14. The molecule has 0 amide bonds. The van der Waals surface area contributed by atoms with Crippen LogP contribution >= 0.6 is 0 Å². The molecule has 2 saturated carbocycles. The summed E-state index contributed by atoms with van der Waals surface area (Å²) < 4.78 is 2.13. The van der Waals surface area contributed by atoms with Crippen LogP contribution < -0.4 is 5.32 Å². The van der Waals surface area contributed by atoms with Crippen LogP contribution in [0, 0.1) is 17.3 Å². The van der Waals surface area contributed by atoms with Gasteiger partial charge in [0.15, 0.2) is 0 Å². The van der Waals surface area contributed by atoms with E-state index in [1.54, 1.807) is 6.33 Å². The Balaban J connectivity index is 1.78. The maximum Gasteiger partial charge on any atom is 0.138 e. The van der Waals surface area contributed by atoms with Crippen molar-refractivity contribution in [1.29, 1.82) is 0 Å². The number of nitrogens with one attached hydrogen (secondary N) is 1. The lowest BCUT2D eigenvalue weighted by Gasteiger charge is -2.38. The number of aryl methyl sites for hydroxylation is 1. The minimum Gasteiger partial charge on any atom is -0.314 e. The van der Waals surface area contributed by atoms with Crippen molar-refractivity contribution in [3.05, 3.63) is 12.2 Å². The molecule has 0 saturated heterocycles. The molecule has 21 heavy (non-hydrogen) atoms. The Morgan fingerprint density at radius 1 is 1.43 bits per heavy atom. The molecule has 4 nitrogen and oxygen atoms in total. The van der Waals surface area contributed by atoms with Crippen LogP contribution in [0.4, 0.5) is 0 Å². The van der Waals surface area contributed by atoms with Gasteiger partial charge < -0.3 is 5.32 Å². The highest BCUT2D eigenvalue weighted by molar-refractivity contribution is 5.06. The van der Waals surface area contributed by atoms with Crippen LogP contribution in [0.1, 0.15) is 58.7 Å². The normalized spacial score (nSPS) is 31.4. The van der Waals surface area contributed by atoms with Gasteiger partial charge >= 0.3 is 0 Å². The molecule has 1 heterocycles. The van der Waals surface area contributed by atoms with Gasteiger partial charge in [-0.2, -0.15) is 5.10 Å². The lowest BCUT2D eigenvalue weighted by Crippen LogP contribution is -2.43. The predicted octanol–water partition coefficient (Wildman–Crippen LogP) is 3.04. The lowest BCUT2D eigenvalue weighted by atomic mass is 9.70. The summed E-state index contributed by atoms with van der Waals surface area (Å²) in [6.07, 6.45) is 9.68. The molecule has 2 fully saturated rings. The second kappa shape index (κ2) is 6.07. The van der Waals surface area contributed by atoms with E-state index in [9.17, 15) is 0 Å². The Morgan fingerprint density at radius 2 is 2.29 bits per heavy atom. The fraction of sp³-hybridized carbons (Fsp3) is 0.882. The number of fused-ring (bicyclic) bond motifs is 2. The molecule has 1 N–H and O–H groups in total. The summed E-state index contributed by atoms with van der Waals surface area (Å²) >= 11 is 0. The Bertz CT molecular complexity index is 467. The van der Waals surface area contributed by atoms with E-state index < -0.39 is 0 Å². The van der Waals surface area contributed by atoms with Crippen molar-refractivity contribution in [3.8, 4) is 0 Å². The van der Waals surface area contributed by atoms with Gasteiger partial charge in [0.2, 0.25) is 0 Å². The van der Waals surface area contributed by atoms with Crippen LogP contribution in [-0.2, 0) is 13.0 Å². The number of aromatic nitrogens is 3.